The van der Waals surface area contributed by atoms with Crippen LogP contribution in [0, 0.1) is 5.41 Å². The molecule has 0 aromatic carbocycles. The number of nitrogens with zero attached hydrogens (tertiary/aromatic N) is 3. The first-order chi connectivity index (χ1) is 9.27. The van der Waals surface area contributed by atoms with Crippen molar-refractivity contribution >= 4 is 11.6 Å². The summed E-state index contributed by atoms with van der Waals surface area (Å²) in [5.41, 5.74) is 0.802. The van der Waals surface area contributed by atoms with Crippen molar-refractivity contribution < 1.29 is 18.0 Å². The van der Waals surface area contributed by atoms with E-state index in [4.69, 9.17) is 0 Å². The smallest absolute Gasteiger partial charge is 0.380 e. The fourth-order valence-electron chi connectivity index (χ4n) is 3.16. The van der Waals surface area contributed by atoms with Crippen molar-refractivity contribution in [2.24, 2.45) is 12.5 Å². The summed E-state index contributed by atoms with van der Waals surface area (Å²) in [6.07, 6.45) is 0.405. The van der Waals surface area contributed by atoms with Gasteiger partial charge in [0, 0.05) is 37.8 Å². The highest BCUT2D eigenvalue weighted by Gasteiger charge is 2.57. The van der Waals surface area contributed by atoms with Crippen molar-refractivity contribution in [3.05, 3.63) is 12.4 Å². The minimum absolute atomic E-state index is 0.110. The summed E-state index contributed by atoms with van der Waals surface area (Å²) >= 11 is 0. The highest BCUT2D eigenvalue weighted by Crippen LogP contribution is 2.50. The molecule has 2 aliphatic rings. The van der Waals surface area contributed by atoms with E-state index in [0.29, 0.717) is 0 Å². The largest absolute Gasteiger partial charge is 0.471 e. The van der Waals surface area contributed by atoms with Crippen molar-refractivity contribution in [2.75, 3.05) is 18.4 Å². The molecule has 1 aliphatic carbocycles. The van der Waals surface area contributed by atoms with Gasteiger partial charge in [0.2, 0.25) is 0 Å². The SMILES string of the molecule is Cn1cc(NC2CC3(C2)CN(C(=O)C(F)(F)F)C3)cn1. The third-order valence-corrected chi connectivity index (χ3v) is 4.02. The van der Waals surface area contributed by atoms with Gasteiger partial charge in [-0.2, -0.15) is 18.3 Å². The molecule has 3 rings (SSSR count). The van der Waals surface area contributed by atoms with Crippen LogP contribution < -0.4 is 5.32 Å². The van der Waals surface area contributed by atoms with Gasteiger partial charge in [-0.3, -0.25) is 9.48 Å². The van der Waals surface area contributed by atoms with Gasteiger partial charge in [-0.05, 0) is 12.8 Å². The molecular formula is C12H15F3N4O. The Balaban J connectivity index is 1.47. The van der Waals surface area contributed by atoms with Crippen LogP contribution in [-0.4, -0.2) is 45.9 Å². The molecule has 2 heterocycles. The van der Waals surface area contributed by atoms with E-state index < -0.39 is 12.1 Å². The molecule has 20 heavy (non-hydrogen) atoms. The quantitative estimate of drug-likeness (QED) is 0.894. The van der Waals surface area contributed by atoms with Crippen LogP contribution >= 0.6 is 0 Å². The van der Waals surface area contributed by atoms with E-state index >= 15 is 0 Å². The third kappa shape index (κ3) is 2.23. The Morgan fingerprint density at radius 2 is 2.10 bits per heavy atom. The number of hydrogen-bond donors (Lipinski definition) is 1. The molecule has 1 aromatic rings. The molecule has 5 nitrogen and oxygen atoms in total. The van der Waals surface area contributed by atoms with Crippen molar-refractivity contribution in [1.82, 2.24) is 14.7 Å². The Hall–Kier alpha value is -1.73. The van der Waals surface area contributed by atoms with Crippen LogP contribution in [0.4, 0.5) is 18.9 Å². The standard InChI is InChI=1S/C12H15F3N4O/c1-18-5-9(4-16-18)17-8-2-11(3-8)6-19(7-11)10(20)12(13,14)15/h4-5,8,17H,2-3,6-7H2,1H3. The zero-order chi connectivity index (χ0) is 14.5. The predicted molar refractivity (Wildman–Crippen MR) is 64.9 cm³/mol. The number of carbonyl (C=O) groups is 1. The van der Waals surface area contributed by atoms with Gasteiger partial charge in [-0.1, -0.05) is 0 Å². The van der Waals surface area contributed by atoms with E-state index in [9.17, 15) is 18.0 Å². The molecule has 1 saturated heterocycles. The molecule has 1 N–H and O–H groups in total. The van der Waals surface area contributed by atoms with Crippen LogP contribution in [0.3, 0.4) is 0 Å². The van der Waals surface area contributed by atoms with Crippen molar-refractivity contribution in [1.29, 1.82) is 0 Å². The summed E-state index contributed by atoms with van der Waals surface area (Å²) in [6, 6.07) is 0.252. The lowest BCUT2D eigenvalue weighted by atomic mass is 9.60. The first-order valence-electron chi connectivity index (χ1n) is 6.39. The summed E-state index contributed by atoms with van der Waals surface area (Å²) in [4.78, 5) is 11.9. The lowest BCUT2D eigenvalue weighted by molar-refractivity contribution is -0.201. The highest BCUT2D eigenvalue weighted by molar-refractivity contribution is 5.82. The Morgan fingerprint density at radius 3 is 2.60 bits per heavy atom. The number of aromatic nitrogens is 2. The van der Waals surface area contributed by atoms with Crippen LogP contribution in [0.15, 0.2) is 12.4 Å². The third-order valence-electron chi connectivity index (χ3n) is 4.02. The van der Waals surface area contributed by atoms with E-state index in [2.05, 4.69) is 10.4 Å². The Labute approximate surface area is 113 Å². The number of amides is 1. The number of halogens is 3. The molecule has 110 valence electrons. The normalized spacial score (nSPS) is 21.5. The summed E-state index contributed by atoms with van der Waals surface area (Å²) < 4.78 is 38.4. The van der Waals surface area contributed by atoms with Gasteiger partial charge in [-0.15, -0.1) is 0 Å². The molecule has 1 saturated carbocycles. The molecule has 1 amide bonds. The van der Waals surface area contributed by atoms with Gasteiger partial charge in [0.1, 0.15) is 0 Å². The fraction of sp³-hybridized carbons (Fsp3) is 0.667. The second-order valence-corrected chi connectivity index (χ2v) is 5.81. The monoisotopic (exact) mass is 288 g/mol. The lowest BCUT2D eigenvalue weighted by Crippen LogP contribution is -2.67. The number of anilines is 1. The zero-order valence-corrected chi connectivity index (χ0v) is 10.9. The van der Waals surface area contributed by atoms with Crippen molar-refractivity contribution in [3.8, 4) is 0 Å². The van der Waals surface area contributed by atoms with Crippen LogP contribution in [0.2, 0.25) is 0 Å². The predicted octanol–water partition coefficient (Wildman–Crippen LogP) is 1.39. The molecule has 1 aromatic heterocycles. The average molecular weight is 288 g/mol. The Morgan fingerprint density at radius 1 is 1.45 bits per heavy atom. The van der Waals surface area contributed by atoms with E-state index in [0.717, 1.165) is 23.4 Å². The maximum Gasteiger partial charge on any atom is 0.471 e. The van der Waals surface area contributed by atoms with E-state index in [-0.39, 0.29) is 24.5 Å². The van der Waals surface area contributed by atoms with Crippen LogP contribution in [0.5, 0.6) is 0 Å². The first kappa shape index (κ1) is 13.3. The molecule has 8 heteroatoms. The van der Waals surface area contributed by atoms with Gasteiger partial charge >= 0.3 is 12.1 Å². The Bertz CT molecular complexity index is 525. The van der Waals surface area contributed by atoms with Gasteiger partial charge in [0.15, 0.2) is 0 Å². The molecular weight excluding hydrogens is 273 g/mol. The summed E-state index contributed by atoms with van der Waals surface area (Å²) in [5, 5.41) is 7.32. The molecule has 1 spiro atoms. The highest BCUT2D eigenvalue weighted by atomic mass is 19.4. The van der Waals surface area contributed by atoms with Gasteiger partial charge in [0.05, 0.1) is 11.9 Å². The number of aryl methyl sites for hydroxylation is 1. The number of nitrogens with one attached hydrogen (secondary N) is 1. The molecule has 0 atom stereocenters. The molecule has 0 radical (unpaired) electrons. The van der Waals surface area contributed by atoms with Gasteiger partial charge < -0.3 is 10.2 Å². The molecule has 0 bridgehead atoms. The number of likely N-dealkylation sites (tertiary alicyclic amines) is 1. The van der Waals surface area contributed by atoms with Crippen LogP contribution in [0.1, 0.15) is 12.8 Å². The number of rotatable bonds is 2. The molecule has 0 unspecified atom stereocenters. The van der Waals surface area contributed by atoms with E-state index in [1.54, 1.807) is 10.9 Å². The lowest BCUT2D eigenvalue weighted by Gasteiger charge is -2.59. The number of hydrogen-bond acceptors (Lipinski definition) is 3. The fourth-order valence-corrected chi connectivity index (χ4v) is 3.16. The van der Waals surface area contributed by atoms with Crippen LogP contribution in [-0.2, 0) is 11.8 Å². The minimum atomic E-state index is -4.75. The van der Waals surface area contributed by atoms with Crippen molar-refractivity contribution in [3.63, 3.8) is 0 Å². The summed E-state index contributed by atoms with van der Waals surface area (Å²) in [7, 11) is 1.82. The van der Waals surface area contributed by atoms with Crippen molar-refractivity contribution in [2.45, 2.75) is 25.1 Å². The topological polar surface area (TPSA) is 50.2 Å². The average Bonchev–Trinajstić information content (AvgIpc) is 2.63. The summed E-state index contributed by atoms with van der Waals surface area (Å²) in [6.45, 7) is 0.438. The second kappa shape index (κ2) is 4.13. The van der Waals surface area contributed by atoms with Crippen LogP contribution in [0.25, 0.3) is 0 Å². The number of carbonyl (C=O) groups excluding carboxylic acids is 1. The minimum Gasteiger partial charge on any atom is -0.380 e. The van der Waals surface area contributed by atoms with Gasteiger partial charge in [-0.25, -0.2) is 0 Å². The maximum atomic E-state index is 12.2. The summed E-state index contributed by atoms with van der Waals surface area (Å²) in [5.74, 6) is -1.72. The van der Waals surface area contributed by atoms with Gasteiger partial charge in [0.25, 0.3) is 0 Å². The molecule has 1 aliphatic heterocycles. The van der Waals surface area contributed by atoms with E-state index in [1.165, 1.54) is 0 Å². The number of alkyl halides is 3. The zero-order valence-electron chi connectivity index (χ0n) is 10.9. The van der Waals surface area contributed by atoms with E-state index in [1.807, 2.05) is 13.2 Å². The Kier molecular flexibility index (Phi) is 2.74. The first-order valence-corrected chi connectivity index (χ1v) is 6.39. The second-order valence-electron chi connectivity index (χ2n) is 5.81. The maximum absolute atomic E-state index is 12.2. The molecule has 2 fully saturated rings.